The van der Waals surface area contributed by atoms with Crippen LogP contribution in [0.15, 0.2) is 30.3 Å². The standard InChI is InChI=1S/C15H22O5S/c1-2-3-9-20-10-11-21(18,19)14(15(16)17)12-13-7-5-4-6-8-13/h4-8,14H,2-3,9-12H2,1H3,(H,16,17). The summed E-state index contributed by atoms with van der Waals surface area (Å²) in [5.74, 6) is -1.58. The number of carboxylic acids is 1. The van der Waals surface area contributed by atoms with Gasteiger partial charge in [0.25, 0.3) is 0 Å². The van der Waals surface area contributed by atoms with Crippen molar-refractivity contribution in [2.24, 2.45) is 0 Å². The highest BCUT2D eigenvalue weighted by Crippen LogP contribution is 2.12. The van der Waals surface area contributed by atoms with Crippen LogP contribution in [0.2, 0.25) is 0 Å². The van der Waals surface area contributed by atoms with Crippen molar-refractivity contribution < 1.29 is 23.1 Å². The van der Waals surface area contributed by atoms with E-state index in [1.807, 2.05) is 6.92 Å². The minimum absolute atomic E-state index is 0.0204. The summed E-state index contributed by atoms with van der Waals surface area (Å²) in [6, 6.07) is 8.77. The Labute approximate surface area is 125 Å². The number of rotatable bonds is 10. The molecule has 1 N–H and O–H groups in total. The summed E-state index contributed by atoms with van der Waals surface area (Å²) in [5.41, 5.74) is 0.695. The van der Waals surface area contributed by atoms with Crippen molar-refractivity contribution in [1.82, 2.24) is 0 Å². The number of sulfone groups is 1. The second-order valence-electron chi connectivity index (χ2n) is 4.85. The van der Waals surface area contributed by atoms with E-state index in [1.54, 1.807) is 30.3 Å². The first-order chi connectivity index (χ1) is 9.97. The van der Waals surface area contributed by atoms with E-state index >= 15 is 0 Å². The Bertz CT molecular complexity index is 524. The SMILES string of the molecule is CCCCOCCS(=O)(=O)C(Cc1ccccc1)C(=O)O. The molecule has 1 aromatic rings. The average molecular weight is 314 g/mol. The molecule has 0 aliphatic carbocycles. The predicted molar refractivity (Wildman–Crippen MR) is 81.1 cm³/mol. The van der Waals surface area contributed by atoms with E-state index in [0.717, 1.165) is 12.8 Å². The number of ether oxygens (including phenoxy) is 1. The van der Waals surface area contributed by atoms with Gasteiger partial charge in [-0.2, -0.15) is 0 Å². The van der Waals surface area contributed by atoms with Gasteiger partial charge in [-0.25, -0.2) is 8.42 Å². The Balaban J connectivity index is 2.64. The first kappa shape index (κ1) is 17.7. The number of benzene rings is 1. The van der Waals surface area contributed by atoms with Crippen LogP contribution in [0.1, 0.15) is 25.3 Å². The number of hydrogen-bond acceptors (Lipinski definition) is 4. The number of unbranched alkanes of at least 4 members (excludes halogenated alkanes) is 1. The van der Waals surface area contributed by atoms with Crippen molar-refractivity contribution in [1.29, 1.82) is 0 Å². The third-order valence-corrected chi connectivity index (χ3v) is 5.10. The van der Waals surface area contributed by atoms with Crippen LogP contribution in [0.25, 0.3) is 0 Å². The summed E-state index contributed by atoms with van der Waals surface area (Å²) in [7, 11) is -3.73. The fraction of sp³-hybridized carbons (Fsp3) is 0.533. The predicted octanol–water partition coefficient (Wildman–Crippen LogP) is 1.91. The van der Waals surface area contributed by atoms with Crippen molar-refractivity contribution >= 4 is 15.8 Å². The second-order valence-corrected chi connectivity index (χ2v) is 7.15. The molecule has 1 rings (SSSR count). The van der Waals surface area contributed by atoms with E-state index in [4.69, 9.17) is 4.74 Å². The van der Waals surface area contributed by atoms with Crippen LogP contribution < -0.4 is 0 Å². The van der Waals surface area contributed by atoms with Crippen molar-refractivity contribution in [2.45, 2.75) is 31.4 Å². The van der Waals surface area contributed by atoms with Gasteiger partial charge in [0.05, 0.1) is 12.4 Å². The van der Waals surface area contributed by atoms with Crippen LogP contribution >= 0.6 is 0 Å². The van der Waals surface area contributed by atoms with Gasteiger partial charge >= 0.3 is 5.97 Å². The molecule has 1 atom stereocenters. The molecule has 21 heavy (non-hydrogen) atoms. The second kappa shape index (κ2) is 8.79. The summed E-state index contributed by atoms with van der Waals surface area (Å²) in [4.78, 5) is 11.3. The van der Waals surface area contributed by atoms with Gasteiger partial charge in [0, 0.05) is 6.61 Å². The first-order valence-electron chi connectivity index (χ1n) is 7.03. The molecule has 0 heterocycles. The number of carboxylic acid groups (broad SMARTS) is 1. The van der Waals surface area contributed by atoms with Gasteiger partial charge in [-0.1, -0.05) is 43.7 Å². The first-order valence-corrected chi connectivity index (χ1v) is 8.75. The molecule has 6 heteroatoms. The van der Waals surface area contributed by atoms with Gasteiger partial charge in [0.1, 0.15) is 0 Å². The van der Waals surface area contributed by atoms with Crippen LogP contribution in [-0.4, -0.2) is 43.7 Å². The lowest BCUT2D eigenvalue weighted by Crippen LogP contribution is -2.35. The molecule has 0 spiro atoms. The van der Waals surface area contributed by atoms with E-state index in [1.165, 1.54) is 0 Å². The van der Waals surface area contributed by atoms with Gasteiger partial charge < -0.3 is 9.84 Å². The molecule has 1 unspecified atom stereocenters. The van der Waals surface area contributed by atoms with Crippen LogP contribution in [0.4, 0.5) is 0 Å². The normalized spacial score (nSPS) is 13.0. The maximum atomic E-state index is 12.1. The fourth-order valence-electron chi connectivity index (χ4n) is 1.86. The van der Waals surface area contributed by atoms with Crippen LogP contribution in [0.5, 0.6) is 0 Å². The van der Waals surface area contributed by atoms with E-state index in [2.05, 4.69) is 0 Å². The van der Waals surface area contributed by atoms with Crippen LogP contribution in [-0.2, 0) is 25.8 Å². The molecule has 0 saturated heterocycles. The highest BCUT2D eigenvalue weighted by atomic mass is 32.2. The highest BCUT2D eigenvalue weighted by molar-refractivity contribution is 7.92. The summed E-state index contributed by atoms with van der Waals surface area (Å²) < 4.78 is 29.5. The monoisotopic (exact) mass is 314 g/mol. The quantitative estimate of drug-likeness (QED) is 0.667. The van der Waals surface area contributed by atoms with E-state index in [9.17, 15) is 18.3 Å². The molecule has 5 nitrogen and oxygen atoms in total. The lowest BCUT2D eigenvalue weighted by atomic mass is 10.1. The van der Waals surface area contributed by atoms with Crippen molar-refractivity contribution in [3.8, 4) is 0 Å². The molecular formula is C15H22O5S. The molecule has 118 valence electrons. The lowest BCUT2D eigenvalue weighted by molar-refractivity contribution is -0.136. The van der Waals surface area contributed by atoms with E-state index in [0.29, 0.717) is 12.2 Å². The molecule has 0 fully saturated rings. The Morgan fingerprint density at radius 3 is 2.48 bits per heavy atom. The maximum Gasteiger partial charge on any atom is 0.322 e. The fourth-order valence-corrected chi connectivity index (χ4v) is 3.25. The number of carbonyl (C=O) groups is 1. The van der Waals surface area contributed by atoms with Gasteiger partial charge in [-0.05, 0) is 18.4 Å². The Hall–Kier alpha value is -1.40. The summed E-state index contributed by atoms with van der Waals surface area (Å²) in [6.45, 7) is 2.56. The van der Waals surface area contributed by atoms with Crippen LogP contribution in [0.3, 0.4) is 0 Å². The third-order valence-electron chi connectivity index (χ3n) is 3.13. The Kier molecular flexibility index (Phi) is 7.39. The van der Waals surface area contributed by atoms with Gasteiger partial charge in [-0.15, -0.1) is 0 Å². The zero-order valence-electron chi connectivity index (χ0n) is 12.2. The van der Waals surface area contributed by atoms with Crippen LogP contribution in [0, 0.1) is 0 Å². The summed E-state index contributed by atoms with van der Waals surface area (Å²) >= 11 is 0. The lowest BCUT2D eigenvalue weighted by Gasteiger charge is -2.14. The van der Waals surface area contributed by atoms with E-state index < -0.39 is 21.1 Å². The minimum Gasteiger partial charge on any atom is -0.480 e. The Morgan fingerprint density at radius 1 is 1.24 bits per heavy atom. The van der Waals surface area contributed by atoms with E-state index in [-0.39, 0.29) is 18.8 Å². The average Bonchev–Trinajstić information content (AvgIpc) is 2.45. The topological polar surface area (TPSA) is 80.7 Å². The van der Waals surface area contributed by atoms with Gasteiger partial charge in [-0.3, -0.25) is 4.79 Å². The smallest absolute Gasteiger partial charge is 0.322 e. The highest BCUT2D eigenvalue weighted by Gasteiger charge is 2.32. The molecule has 0 aromatic heterocycles. The summed E-state index contributed by atoms with van der Waals surface area (Å²) in [5, 5.41) is 7.77. The van der Waals surface area contributed by atoms with Crippen molar-refractivity contribution in [3.05, 3.63) is 35.9 Å². The largest absolute Gasteiger partial charge is 0.480 e. The van der Waals surface area contributed by atoms with Crippen molar-refractivity contribution in [2.75, 3.05) is 19.0 Å². The van der Waals surface area contributed by atoms with Crippen molar-refractivity contribution in [3.63, 3.8) is 0 Å². The molecule has 0 saturated carbocycles. The molecule has 0 radical (unpaired) electrons. The maximum absolute atomic E-state index is 12.1. The zero-order chi connectivity index (χ0) is 15.7. The van der Waals surface area contributed by atoms with Gasteiger partial charge in [0.15, 0.2) is 15.1 Å². The zero-order valence-corrected chi connectivity index (χ0v) is 13.0. The molecule has 0 bridgehead atoms. The number of hydrogen-bond donors (Lipinski definition) is 1. The summed E-state index contributed by atoms with van der Waals surface area (Å²) in [6.07, 6.45) is 1.82. The Morgan fingerprint density at radius 2 is 1.90 bits per heavy atom. The van der Waals surface area contributed by atoms with Gasteiger partial charge in [0.2, 0.25) is 0 Å². The molecule has 0 aliphatic rings. The molecule has 0 amide bonds. The minimum atomic E-state index is -3.73. The molecular weight excluding hydrogens is 292 g/mol. The molecule has 1 aromatic carbocycles. The third kappa shape index (κ3) is 6.27. The number of aliphatic carboxylic acids is 1. The molecule has 0 aliphatic heterocycles.